The topological polar surface area (TPSA) is 32.3 Å². The van der Waals surface area contributed by atoms with Gasteiger partial charge in [0.15, 0.2) is 0 Å². The van der Waals surface area contributed by atoms with Crippen molar-refractivity contribution >= 4 is 11.6 Å². The molecule has 2 N–H and O–H groups in total. The van der Waals surface area contributed by atoms with Crippen LogP contribution in [0.4, 0.5) is 0 Å². The average molecular weight is 164 g/mol. The first-order valence-corrected chi connectivity index (χ1v) is 3.66. The van der Waals surface area contributed by atoms with Crippen LogP contribution >= 0.6 is 11.6 Å². The normalized spacial score (nSPS) is 16.4. The molecule has 10 heavy (non-hydrogen) atoms. The lowest BCUT2D eigenvalue weighted by molar-refractivity contribution is 0.155. The summed E-state index contributed by atoms with van der Waals surface area (Å²) in [5.41, 5.74) is 0. The molecule has 0 amide bonds. The van der Waals surface area contributed by atoms with Crippen molar-refractivity contribution in [1.82, 2.24) is 5.32 Å². The van der Waals surface area contributed by atoms with E-state index in [9.17, 15) is 0 Å². The van der Waals surface area contributed by atoms with Crippen molar-refractivity contribution in [3.8, 4) is 0 Å². The third-order valence-corrected chi connectivity index (χ3v) is 1.47. The molecule has 0 bridgehead atoms. The highest BCUT2D eigenvalue weighted by molar-refractivity contribution is 6.29. The van der Waals surface area contributed by atoms with Crippen molar-refractivity contribution in [3.05, 3.63) is 11.6 Å². The lowest BCUT2D eigenvalue weighted by Crippen LogP contribution is -2.35. The monoisotopic (exact) mass is 163 g/mol. The first kappa shape index (κ1) is 9.95. The van der Waals surface area contributed by atoms with Gasteiger partial charge in [-0.3, -0.25) is 0 Å². The van der Waals surface area contributed by atoms with E-state index in [2.05, 4.69) is 11.9 Å². The van der Waals surface area contributed by atoms with Crippen LogP contribution in [0.1, 0.15) is 13.8 Å². The van der Waals surface area contributed by atoms with Gasteiger partial charge in [0, 0.05) is 17.6 Å². The SMILES string of the molecule is C=C(Cl)CNC(C)C(C)O. The highest BCUT2D eigenvalue weighted by Gasteiger charge is 2.06. The summed E-state index contributed by atoms with van der Waals surface area (Å²) in [5.74, 6) is 0. The van der Waals surface area contributed by atoms with Gasteiger partial charge in [-0.2, -0.15) is 0 Å². The van der Waals surface area contributed by atoms with E-state index in [1.165, 1.54) is 0 Å². The van der Waals surface area contributed by atoms with Crippen molar-refractivity contribution in [2.45, 2.75) is 26.0 Å². The van der Waals surface area contributed by atoms with E-state index in [1.54, 1.807) is 6.92 Å². The lowest BCUT2D eigenvalue weighted by Gasteiger charge is -2.15. The quantitative estimate of drug-likeness (QED) is 0.651. The summed E-state index contributed by atoms with van der Waals surface area (Å²) in [5, 5.41) is 12.6. The van der Waals surface area contributed by atoms with Crippen LogP contribution in [0.5, 0.6) is 0 Å². The molecule has 0 aromatic rings. The first-order chi connectivity index (χ1) is 4.54. The van der Waals surface area contributed by atoms with Crippen LogP contribution in [-0.4, -0.2) is 23.8 Å². The van der Waals surface area contributed by atoms with Crippen LogP contribution in [0.2, 0.25) is 0 Å². The third kappa shape index (κ3) is 4.79. The van der Waals surface area contributed by atoms with Gasteiger partial charge in [-0.15, -0.1) is 0 Å². The molecular weight excluding hydrogens is 150 g/mol. The van der Waals surface area contributed by atoms with E-state index in [0.717, 1.165) is 0 Å². The lowest BCUT2D eigenvalue weighted by atomic mass is 10.2. The average Bonchev–Trinajstić information content (AvgIpc) is 1.82. The Balaban J connectivity index is 3.39. The van der Waals surface area contributed by atoms with Crippen LogP contribution in [0.15, 0.2) is 11.6 Å². The molecule has 0 spiro atoms. The number of aliphatic hydroxyl groups is 1. The molecular formula is C7H14ClNO. The Kier molecular flexibility index (Phi) is 4.69. The minimum absolute atomic E-state index is 0.0653. The molecule has 0 aliphatic rings. The minimum Gasteiger partial charge on any atom is -0.392 e. The van der Waals surface area contributed by atoms with Crippen molar-refractivity contribution in [2.24, 2.45) is 0 Å². The zero-order valence-corrected chi connectivity index (χ0v) is 7.15. The highest BCUT2D eigenvalue weighted by atomic mass is 35.5. The molecule has 0 fully saturated rings. The summed E-state index contributed by atoms with van der Waals surface area (Å²) >= 11 is 5.49. The fourth-order valence-corrected chi connectivity index (χ4v) is 0.519. The minimum atomic E-state index is -0.351. The second-order valence-corrected chi connectivity index (χ2v) is 2.96. The zero-order valence-electron chi connectivity index (χ0n) is 6.39. The number of rotatable bonds is 4. The van der Waals surface area contributed by atoms with E-state index < -0.39 is 0 Å². The Morgan fingerprint density at radius 2 is 2.20 bits per heavy atom. The third-order valence-electron chi connectivity index (χ3n) is 1.34. The molecule has 2 nitrogen and oxygen atoms in total. The van der Waals surface area contributed by atoms with Crippen LogP contribution in [0.3, 0.4) is 0 Å². The number of hydrogen-bond acceptors (Lipinski definition) is 2. The second-order valence-electron chi connectivity index (χ2n) is 2.43. The van der Waals surface area contributed by atoms with Crippen molar-refractivity contribution in [2.75, 3.05) is 6.54 Å². The fraction of sp³-hybridized carbons (Fsp3) is 0.714. The van der Waals surface area contributed by atoms with E-state index in [1.807, 2.05) is 6.92 Å². The number of nitrogens with one attached hydrogen (secondary N) is 1. The molecule has 2 unspecified atom stereocenters. The molecule has 3 heteroatoms. The molecule has 60 valence electrons. The number of hydrogen-bond donors (Lipinski definition) is 2. The Morgan fingerprint density at radius 3 is 2.50 bits per heavy atom. The van der Waals surface area contributed by atoms with E-state index in [0.29, 0.717) is 11.6 Å². The van der Waals surface area contributed by atoms with Gasteiger partial charge in [-0.1, -0.05) is 18.2 Å². The molecule has 0 saturated carbocycles. The summed E-state index contributed by atoms with van der Waals surface area (Å²) < 4.78 is 0. The van der Waals surface area contributed by atoms with Gasteiger partial charge in [0.2, 0.25) is 0 Å². The highest BCUT2D eigenvalue weighted by Crippen LogP contribution is 1.96. The van der Waals surface area contributed by atoms with Crippen LogP contribution < -0.4 is 5.32 Å². The van der Waals surface area contributed by atoms with Gasteiger partial charge < -0.3 is 10.4 Å². The van der Waals surface area contributed by atoms with Crippen molar-refractivity contribution < 1.29 is 5.11 Å². The zero-order chi connectivity index (χ0) is 8.15. The Morgan fingerprint density at radius 1 is 1.70 bits per heavy atom. The molecule has 0 aromatic carbocycles. The van der Waals surface area contributed by atoms with Gasteiger partial charge in [0.05, 0.1) is 6.10 Å². The molecule has 2 atom stereocenters. The summed E-state index contributed by atoms with van der Waals surface area (Å²) in [6.45, 7) is 7.68. The Labute approximate surface area is 66.9 Å². The maximum atomic E-state index is 9.00. The predicted molar refractivity (Wildman–Crippen MR) is 44.1 cm³/mol. The van der Waals surface area contributed by atoms with E-state index in [4.69, 9.17) is 16.7 Å². The largest absolute Gasteiger partial charge is 0.392 e. The smallest absolute Gasteiger partial charge is 0.0662 e. The van der Waals surface area contributed by atoms with E-state index >= 15 is 0 Å². The number of aliphatic hydroxyl groups excluding tert-OH is 1. The first-order valence-electron chi connectivity index (χ1n) is 3.28. The summed E-state index contributed by atoms with van der Waals surface area (Å²) in [7, 11) is 0. The molecule has 0 rings (SSSR count). The fourth-order valence-electron chi connectivity index (χ4n) is 0.442. The van der Waals surface area contributed by atoms with Crippen LogP contribution in [-0.2, 0) is 0 Å². The van der Waals surface area contributed by atoms with Gasteiger partial charge in [-0.25, -0.2) is 0 Å². The summed E-state index contributed by atoms with van der Waals surface area (Å²) in [6, 6.07) is 0.0653. The second kappa shape index (κ2) is 4.72. The van der Waals surface area contributed by atoms with Gasteiger partial charge in [-0.05, 0) is 13.8 Å². The molecule has 0 aliphatic heterocycles. The van der Waals surface area contributed by atoms with Crippen LogP contribution in [0.25, 0.3) is 0 Å². The van der Waals surface area contributed by atoms with Crippen molar-refractivity contribution in [3.63, 3.8) is 0 Å². The summed E-state index contributed by atoms with van der Waals surface area (Å²) in [6.07, 6.45) is -0.351. The molecule has 0 saturated heterocycles. The van der Waals surface area contributed by atoms with Gasteiger partial charge in [0.25, 0.3) is 0 Å². The maximum Gasteiger partial charge on any atom is 0.0662 e. The Bertz CT molecular complexity index is 114. The Hall–Kier alpha value is -0.0500. The molecule has 0 aromatic heterocycles. The predicted octanol–water partition coefficient (Wildman–Crippen LogP) is 1.10. The summed E-state index contributed by atoms with van der Waals surface area (Å²) in [4.78, 5) is 0. The number of halogens is 1. The molecule has 0 radical (unpaired) electrons. The molecule has 0 aliphatic carbocycles. The van der Waals surface area contributed by atoms with E-state index in [-0.39, 0.29) is 12.1 Å². The molecule has 0 heterocycles. The van der Waals surface area contributed by atoms with Crippen molar-refractivity contribution in [1.29, 1.82) is 0 Å². The van der Waals surface area contributed by atoms with Gasteiger partial charge >= 0.3 is 0 Å². The van der Waals surface area contributed by atoms with Crippen LogP contribution in [0, 0.1) is 0 Å². The van der Waals surface area contributed by atoms with Gasteiger partial charge in [0.1, 0.15) is 0 Å². The maximum absolute atomic E-state index is 9.00. The standard InChI is InChI=1S/C7H14ClNO/c1-5(8)4-9-6(2)7(3)10/h6-7,9-10H,1,4H2,2-3H3.